The maximum Gasteiger partial charge on any atom is 0.389 e. The number of amides is 1. The van der Waals surface area contributed by atoms with Gasteiger partial charge in [0.15, 0.2) is 6.61 Å². The van der Waals surface area contributed by atoms with Crippen molar-refractivity contribution in [3.8, 4) is 5.88 Å². The van der Waals surface area contributed by atoms with Gasteiger partial charge in [0.2, 0.25) is 11.8 Å². The molecule has 2 heterocycles. The van der Waals surface area contributed by atoms with E-state index in [9.17, 15) is 26.7 Å². The number of hydrogen-bond acceptors (Lipinski definition) is 4. The van der Waals surface area contributed by atoms with Gasteiger partial charge < -0.3 is 15.0 Å². The van der Waals surface area contributed by atoms with E-state index >= 15 is 0 Å². The summed E-state index contributed by atoms with van der Waals surface area (Å²) in [5.74, 6) is -2.64. The molecule has 10 heteroatoms. The summed E-state index contributed by atoms with van der Waals surface area (Å²) in [5, 5.41) is 2.75. The Morgan fingerprint density at radius 1 is 1.12 bits per heavy atom. The molecule has 0 atom stereocenters. The normalized spacial score (nSPS) is 22.1. The van der Waals surface area contributed by atoms with Gasteiger partial charge >= 0.3 is 6.18 Å². The van der Waals surface area contributed by atoms with Crippen molar-refractivity contribution in [2.75, 3.05) is 26.2 Å². The quantitative estimate of drug-likeness (QED) is 0.498. The van der Waals surface area contributed by atoms with Crippen molar-refractivity contribution in [3.05, 3.63) is 23.4 Å². The van der Waals surface area contributed by atoms with Crippen LogP contribution in [-0.4, -0.2) is 60.2 Å². The van der Waals surface area contributed by atoms with Gasteiger partial charge in [-0.1, -0.05) is 6.07 Å². The molecule has 3 rings (SSSR count). The molecule has 1 saturated carbocycles. The summed E-state index contributed by atoms with van der Waals surface area (Å²) in [6, 6.07) is 3.54. The average molecular weight is 492 g/mol. The molecule has 1 aromatic heterocycles. The van der Waals surface area contributed by atoms with E-state index in [4.69, 9.17) is 4.74 Å². The summed E-state index contributed by atoms with van der Waals surface area (Å²) in [6.45, 7) is 2.83. The van der Waals surface area contributed by atoms with Crippen molar-refractivity contribution < 1.29 is 31.5 Å². The predicted octanol–water partition coefficient (Wildman–Crippen LogP) is 4.92. The molecule has 192 valence electrons. The van der Waals surface area contributed by atoms with Crippen LogP contribution in [0.25, 0.3) is 0 Å². The highest BCUT2D eigenvalue weighted by Gasteiger charge is 2.29. The van der Waals surface area contributed by atoms with Crippen LogP contribution in [-0.2, 0) is 17.6 Å². The molecule has 0 spiro atoms. The fraction of sp³-hybridized carbons (Fsp3) is 0.750. The standard InChI is InChI=1S/C24H34F5N3O2/c1-23(25,26)16-34-22-7-4-18-10-14-32(15-11-20(18)31-22)13-9-17-2-5-19(6-3-17)30-21(33)8-12-24(27,28)29/h4,7,17,19H,2-3,5-6,8-16H2,1H3,(H,30,33). The number of ether oxygens (including phenoxy) is 1. The smallest absolute Gasteiger partial charge is 0.389 e. The third-order valence-electron chi connectivity index (χ3n) is 6.58. The maximum absolute atomic E-state index is 13.0. The number of pyridine rings is 1. The van der Waals surface area contributed by atoms with Crippen LogP contribution in [0.5, 0.6) is 5.88 Å². The molecular formula is C24H34F5N3O2. The van der Waals surface area contributed by atoms with Crippen LogP contribution in [0.4, 0.5) is 22.0 Å². The molecule has 1 amide bonds. The van der Waals surface area contributed by atoms with Crippen molar-refractivity contribution in [2.45, 2.75) is 82.9 Å². The molecule has 1 aromatic rings. The summed E-state index contributed by atoms with van der Waals surface area (Å²) >= 11 is 0. The third-order valence-corrected chi connectivity index (χ3v) is 6.58. The first kappa shape index (κ1) is 26.6. The van der Waals surface area contributed by atoms with Crippen LogP contribution in [0.1, 0.15) is 63.1 Å². The van der Waals surface area contributed by atoms with Gasteiger partial charge in [-0.15, -0.1) is 0 Å². The van der Waals surface area contributed by atoms with Crippen molar-refractivity contribution >= 4 is 5.91 Å². The van der Waals surface area contributed by atoms with Crippen LogP contribution < -0.4 is 10.1 Å². The molecule has 34 heavy (non-hydrogen) atoms. The highest BCUT2D eigenvalue weighted by molar-refractivity contribution is 5.76. The Morgan fingerprint density at radius 2 is 1.82 bits per heavy atom. The second-order valence-corrected chi connectivity index (χ2v) is 9.64. The van der Waals surface area contributed by atoms with E-state index in [1.54, 1.807) is 6.07 Å². The zero-order valence-corrected chi connectivity index (χ0v) is 19.6. The van der Waals surface area contributed by atoms with Crippen molar-refractivity contribution in [3.63, 3.8) is 0 Å². The second-order valence-electron chi connectivity index (χ2n) is 9.64. The van der Waals surface area contributed by atoms with Crippen LogP contribution >= 0.6 is 0 Å². The molecular weight excluding hydrogens is 457 g/mol. The molecule has 0 unspecified atom stereocenters. The van der Waals surface area contributed by atoms with Crippen molar-refractivity contribution in [1.82, 2.24) is 15.2 Å². The monoisotopic (exact) mass is 491 g/mol. The summed E-state index contributed by atoms with van der Waals surface area (Å²) in [6.07, 6.45) is 0.275. The molecule has 0 aromatic carbocycles. The van der Waals surface area contributed by atoms with Gasteiger partial charge in [0.1, 0.15) is 0 Å². The lowest BCUT2D eigenvalue weighted by Gasteiger charge is -2.30. The molecule has 2 aliphatic rings. The van der Waals surface area contributed by atoms with Gasteiger partial charge in [-0.25, -0.2) is 13.8 Å². The van der Waals surface area contributed by atoms with E-state index in [1.165, 1.54) is 0 Å². The lowest BCUT2D eigenvalue weighted by Crippen LogP contribution is -2.38. The number of alkyl halides is 5. The van der Waals surface area contributed by atoms with E-state index in [-0.39, 0.29) is 11.9 Å². The Bertz CT molecular complexity index is 805. The van der Waals surface area contributed by atoms with E-state index < -0.39 is 37.5 Å². The molecule has 5 nitrogen and oxygen atoms in total. The van der Waals surface area contributed by atoms with Gasteiger partial charge in [-0.2, -0.15) is 13.2 Å². The summed E-state index contributed by atoms with van der Waals surface area (Å²) in [5.41, 5.74) is 2.03. The average Bonchev–Trinajstić information content (AvgIpc) is 2.97. The topological polar surface area (TPSA) is 54.5 Å². The van der Waals surface area contributed by atoms with E-state index in [1.807, 2.05) is 6.07 Å². The minimum absolute atomic E-state index is 0.0279. The predicted molar refractivity (Wildman–Crippen MR) is 118 cm³/mol. The van der Waals surface area contributed by atoms with E-state index in [0.717, 1.165) is 82.8 Å². The van der Waals surface area contributed by atoms with Gasteiger partial charge in [-0.05, 0) is 56.6 Å². The van der Waals surface area contributed by atoms with Gasteiger partial charge in [0.05, 0.1) is 6.42 Å². The lowest BCUT2D eigenvalue weighted by atomic mass is 9.84. The summed E-state index contributed by atoms with van der Waals surface area (Å²) in [7, 11) is 0. The zero-order valence-electron chi connectivity index (χ0n) is 19.6. The first-order chi connectivity index (χ1) is 16.0. The Kier molecular flexibility index (Phi) is 9.12. The summed E-state index contributed by atoms with van der Waals surface area (Å²) in [4.78, 5) is 18.6. The van der Waals surface area contributed by atoms with Crippen LogP contribution in [0, 0.1) is 5.92 Å². The van der Waals surface area contributed by atoms with Crippen molar-refractivity contribution in [1.29, 1.82) is 0 Å². The highest BCUT2D eigenvalue weighted by atomic mass is 19.4. The Morgan fingerprint density at radius 3 is 2.50 bits per heavy atom. The van der Waals surface area contributed by atoms with Crippen LogP contribution in [0.15, 0.2) is 12.1 Å². The summed E-state index contributed by atoms with van der Waals surface area (Å²) < 4.78 is 68.0. The Balaban J connectivity index is 1.36. The van der Waals surface area contributed by atoms with Crippen molar-refractivity contribution in [2.24, 2.45) is 5.92 Å². The first-order valence-corrected chi connectivity index (χ1v) is 12.0. The lowest BCUT2D eigenvalue weighted by molar-refractivity contribution is -0.144. The number of nitrogens with one attached hydrogen (secondary N) is 1. The minimum atomic E-state index is -4.30. The first-order valence-electron chi connectivity index (χ1n) is 12.0. The zero-order chi connectivity index (χ0) is 24.8. The van der Waals surface area contributed by atoms with Gasteiger partial charge in [0.25, 0.3) is 5.92 Å². The molecule has 1 aliphatic heterocycles. The van der Waals surface area contributed by atoms with Gasteiger partial charge in [-0.3, -0.25) is 4.79 Å². The van der Waals surface area contributed by atoms with E-state index in [0.29, 0.717) is 5.92 Å². The number of halogens is 5. The SMILES string of the molecule is CC(F)(F)COc1ccc2c(n1)CCN(CCC1CCC(NC(=O)CCC(F)(F)F)CC1)CC2. The third kappa shape index (κ3) is 9.35. The number of rotatable bonds is 9. The second kappa shape index (κ2) is 11.6. The number of fused-ring (bicyclic) bond motifs is 1. The Labute approximate surface area is 197 Å². The Hall–Kier alpha value is -1.97. The molecule has 0 saturated heterocycles. The number of nitrogens with zero attached hydrogens (tertiary/aromatic N) is 2. The maximum atomic E-state index is 13.0. The number of aromatic nitrogens is 1. The molecule has 1 aliphatic carbocycles. The number of hydrogen-bond donors (Lipinski definition) is 1. The minimum Gasteiger partial charge on any atom is -0.471 e. The molecule has 0 radical (unpaired) electrons. The van der Waals surface area contributed by atoms with Crippen LogP contribution in [0.2, 0.25) is 0 Å². The van der Waals surface area contributed by atoms with Gasteiger partial charge in [0, 0.05) is 50.7 Å². The molecule has 1 N–H and O–H groups in total. The highest BCUT2D eigenvalue weighted by Crippen LogP contribution is 2.28. The fourth-order valence-electron chi connectivity index (χ4n) is 4.63. The largest absolute Gasteiger partial charge is 0.471 e. The fourth-order valence-corrected chi connectivity index (χ4v) is 4.63. The van der Waals surface area contributed by atoms with Crippen LogP contribution in [0.3, 0.4) is 0 Å². The number of carbonyl (C=O) groups excluding carboxylic acids is 1. The van der Waals surface area contributed by atoms with E-state index in [2.05, 4.69) is 15.2 Å². The molecule has 0 bridgehead atoms. The number of carbonyl (C=O) groups is 1. The molecule has 1 fully saturated rings.